The molecular weight excluding hydrogens is 413 g/mol. The Morgan fingerprint density at radius 1 is 1.06 bits per heavy atom. The lowest BCUT2D eigenvalue weighted by atomic mass is 9.89. The number of aryl methyl sites for hydroxylation is 1. The predicted octanol–water partition coefficient (Wildman–Crippen LogP) is 4.16. The van der Waals surface area contributed by atoms with Crippen molar-refractivity contribution in [2.24, 2.45) is 7.05 Å². The van der Waals surface area contributed by atoms with Gasteiger partial charge in [0.25, 0.3) is 0 Å². The molecule has 3 rings (SSSR count). The number of rotatable bonds is 7. The summed E-state index contributed by atoms with van der Waals surface area (Å²) in [6, 6.07) is 13.5. The van der Waals surface area contributed by atoms with E-state index in [1.54, 1.807) is 0 Å². The van der Waals surface area contributed by atoms with Crippen molar-refractivity contribution in [1.82, 2.24) is 9.78 Å². The Morgan fingerprint density at radius 2 is 1.71 bits per heavy atom. The average molecular weight is 432 g/mol. The SMILES string of the molecule is COC(=O)C(C(=O)c1c(OCc2ccccc2)cnn1C)c1ccccc1C(F)(F)F. The van der Waals surface area contributed by atoms with Crippen molar-refractivity contribution in [2.75, 3.05) is 7.11 Å². The second kappa shape index (κ2) is 9.03. The number of methoxy groups -OCH3 is 1. The molecule has 0 fully saturated rings. The number of halogens is 3. The summed E-state index contributed by atoms with van der Waals surface area (Å²) in [5.41, 5.74) is -0.908. The van der Waals surface area contributed by atoms with Gasteiger partial charge in [0, 0.05) is 7.05 Å². The maximum absolute atomic E-state index is 13.5. The van der Waals surface area contributed by atoms with Crippen LogP contribution in [0.3, 0.4) is 0 Å². The Hall–Kier alpha value is -3.62. The van der Waals surface area contributed by atoms with Gasteiger partial charge in [0.05, 0.1) is 18.9 Å². The smallest absolute Gasteiger partial charge is 0.416 e. The third kappa shape index (κ3) is 4.76. The first-order valence-electron chi connectivity index (χ1n) is 9.21. The van der Waals surface area contributed by atoms with Gasteiger partial charge < -0.3 is 9.47 Å². The lowest BCUT2D eigenvalue weighted by molar-refractivity contribution is -0.142. The van der Waals surface area contributed by atoms with Gasteiger partial charge in [-0.1, -0.05) is 48.5 Å². The van der Waals surface area contributed by atoms with Gasteiger partial charge in [0.1, 0.15) is 18.2 Å². The van der Waals surface area contributed by atoms with E-state index in [0.717, 1.165) is 29.5 Å². The molecule has 0 radical (unpaired) electrons. The summed E-state index contributed by atoms with van der Waals surface area (Å²) in [5.74, 6) is -3.81. The molecule has 162 valence electrons. The number of ketones is 1. The summed E-state index contributed by atoms with van der Waals surface area (Å²) < 4.78 is 52.1. The molecule has 9 heteroatoms. The Bertz CT molecular complexity index is 1080. The first-order chi connectivity index (χ1) is 14.7. The van der Waals surface area contributed by atoms with E-state index in [1.165, 1.54) is 25.4 Å². The number of benzene rings is 2. The van der Waals surface area contributed by atoms with E-state index in [1.807, 2.05) is 30.3 Å². The van der Waals surface area contributed by atoms with Crippen LogP contribution in [0.2, 0.25) is 0 Å². The van der Waals surface area contributed by atoms with Gasteiger partial charge in [-0.3, -0.25) is 14.3 Å². The Labute approximate surface area is 176 Å². The fourth-order valence-electron chi connectivity index (χ4n) is 3.18. The molecule has 1 atom stereocenters. The minimum atomic E-state index is -4.76. The molecule has 0 aliphatic rings. The molecule has 0 N–H and O–H groups in total. The van der Waals surface area contributed by atoms with Crippen LogP contribution >= 0.6 is 0 Å². The van der Waals surface area contributed by atoms with Gasteiger partial charge in [-0.15, -0.1) is 0 Å². The van der Waals surface area contributed by atoms with Crippen LogP contribution in [0.1, 0.15) is 33.1 Å². The van der Waals surface area contributed by atoms with Gasteiger partial charge in [0.15, 0.2) is 5.75 Å². The van der Waals surface area contributed by atoms with Crippen LogP contribution in [0, 0.1) is 0 Å². The zero-order valence-electron chi connectivity index (χ0n) is 16.7. The molecule has 0 amide bonds. The molecule has 1 unspecified atom stereocenters. The number of carbonyl (C=O) groups excluding carboxylic acids is 2. The normalized spacial score (nSPS) is 12.3. The van der Waals surface area contributed by atoms with Crippen molar-refractivity contribution < 1.29 is 32.2 Å². The molecule has 0 aliphatic carbocycles. The minimum absolute atomic E-state index is 0.0507. The van der Waals surface area contributed by atoms with Gasteiger partial charge in [-0.2, -0.15) is 18.3 Å². The molecule has 1 aromatic heterocycles. The highest BCUT2D eigenvalue weighted by Gasteiger charge is 2.41. The van der Waals surface area contributed by atoms with E-state index in [2.05, 4.69) is 9.84 Å². The van der Waals surface area contributed by atoms with Crippen LogP contribution in [0.25, 0.3) is 0 Å². The molecule has 2 aromatic carbocycles. The Morgan fingerprint density at radius 3 is 2.35 bits per heavy atom. The monoisotopic (exact) mass is 432 g/mol. The maximum Gasteiger partial charge on any atom is 0.416 e. The van der Waals surface area contributed by atoms with Gasteiger partial charge >= 0.3 is 12.1 Å². The molecule has 3 aromatic rings. The number of Topliss-reactive ketones (excluding diaryl/α,β-unsaturated/α-hetero) is 1. The van der Waals surface area contributed by atoms with Crippen molar-refractivity contribution in [3.8, 4) is 5.75 Å². The lowest BCUT2D eigenvalue weighted by Crippen LogP contribution is -2.28. The van der Waals surface area contributed by atoms with Crippen molar-refractivity contribution in [2.45, 2.75) is 18.7 Å². The fourth-order valence-corrected chi connectivity index (χ4v) is 3.18. The largest absolute Gasteiger partial charge is 0.485 e. The molecular formula is C22H19F3N2O4. The summed E-state index contributed by atoms with van der Waals surface area (Å²) in [7, 11) is 2.45. The van der Waals surface area contributed by atoms with Gasteiger partial charge in [0.2, 0.25) is 5.78 Å². The minimum Gasteiger partial charge on any atom is -0.485 e. The van der Waals surface area contributed by atoms with Crippen molar-refractivity contribution >= 4 is 11.8 Å². The number of hydrogen-bond acceptors (Lipinski definition) is 5. The summed E-state index contributed by atoms with van der Waals surface area (Å²) in [6.07, 6.45) is -3.48. The van der Waals surface area contributed by atoms with Crippen molar-refractivity contribution in [3.05, 3.63) is 83.2 Å². The van der Waals surface area contributed by atoms with Crippen LogP contribution in [0.15, 0.2) is 60.8 Å². The van der Waals surface area contributed by atoms with E-state index in [9.17, 15) is 22.8 Å². The molecule has 0 saturated carbocycles. The topological polar surface area (TPSA) is 70.4 Å². The molecule has 0 bridgehead atoms. The van der Waals surface area contributed by atoms with Crippen molar-refractivity contribution in [3.63, 3.8) is 0 Å². The molecule has 0 aliphatic heterocycles. The third-order valence-corrected chi connectivity index (χ3v) is 4.65. The van der Waals surface area contributed by atoms with E-state index >= 15 is 0 Å². The van der Waals surface area contributed by atoms with E-state index in [4.69, 9.17) is 4.74 Å². The van der Waals surface area contributed by atoms with E-state index in [0.29, 0.717) is 0 Å². The van der Waals surface area contributed by atoms with Crippen LogP contribution < -0.4 is 4.74 Å². The summed E-state index contributed by atoms with van der Waals surface area (Å²) >= 11 is 0. The highest BCUT2D eigenvalue weighted by molar-refractivity contribution is 6.13. The summed E-state index contributed by atoms with van der Waals surface area (Å²) in [4.78, 5) is 25.8. The molecule has 0 spiro atoms. The van der Waals surface area contributed by atoms with Crippen LogP contribution in [-0.2, 0) is 29.4 Å². The highest BCUT2D eigenvalue weighted by atomic mass is 19.4. The number of aromatic nitrogens is 2. The third-order valence-electron chi connectivity index (χ3n) is 4.65. The van der Waals surface area contributed by atoms with Crippen molar-refractivity contribution in [1.29, 1.82) is 0 Å². The number of hydrogen-bond donors (Lipinski definition) is 0. The average Bonchev–Trinajstić information content (AvgIpc) is 3.13. The van der Waals surface area contributed by atoms with Gasteiger partial charge in [-0.25, -0.2) is 0 Å². The van der Waals surface area contributed by atoms with Crippen LogP contribution in [-0.4, -0.2) is 28.6 Å². The van der Waals surface area contributed by atoms with Crippen LogP contribution in [0.4, 0.5) is 13.2 Å². The van der Waals surface area contributed by atoms with E-state index in [-0.39, 0.29) is 18.1 Å². The number of esters is 1. The first kappa shape index (κ1) is 22.1. The summed E-state index contributed by atoms with van der Waals surface area (Å²) in [5, 5.41) is 3.98. The Kier molecular flexibility index (Phi) is 6.43. The predicted molar refractivity (Wildman–Crippen MR) is 105 cm³/mol. The number of alkyl halides is 3. The molecule has 1 heterocycles. The molecule has 0 saturated heterocycles. The van der Waals surface area contributed by atoms with Crippen LogP contribution in [0.5, 0.6) is 5.75 Å². The van der Waals surface area contributed by atoms with E-state index < -0.39 is 35.0 Å². The van der Waals surface area contributed by atoms with Gasteiger partial charge in [-0.05, 0) is 17.2 Å². The Balaban J connectivity index is 2.01. The molecule has 31 heavy (non-hydrogen) atoms. The maximum atomic E-state index is 13.5. The quantitative estimate of drug-likeness (QED) is 0.319. The second-order valence-corrected chi connectivity index (χ2v) is 6.66. The highest BCUT2D eigenvalue weighted by Crippen LogP contribution is 2.37. The zero-order valence-corrected chi connectivity index (χ0v) is 16.7. The number of ether oxygens (including phenoxy) is 2. The lowest BCUT2D eigenvalue weighted by Gasteiger charge is -2.19. The summed E-state index contributed by atoms with van der Waals surface area (Å²) in [6.45, 7) is 0.106. The standard InChI is InChI=1S/C22H19F3N2O4/c1-27-19(17(12-26-27)31-13-14-8-4-3-5-9-14)20(28)18(21(29)30-2)15-10-6-7-11-16(15)22(23,24)25/h3-12,18H,13H2,1-2H3. The fraction of sp³-hybridized carbons (Fsp3) is 0.227. The first-order valence-corrected chi connectivity index (χ1v) is 9.21. The number of carbonyl (C=O) groups is 2. The zero-order chi connectivity index (χ0) is 22.6. The molecule has 6 nitrogen and oxygen atoms in total. The number of nitrogens with zero attached hydrogens (tertiary/aromatic N) is 2. The second-order valence-electron chi connectivity index (χ2n) is 6.66.